The van der Waals surface area contributed by atoms with E-state index in [-0.39, 0.29) is 12.0 Å². The molecule has 110 valence electrons. The molecule has 5 nitrogen and oxygen atoms in total. The number of fused-ring (bicyclic) bond motifs is 1. The molecule has 3 unspecified atom stereocenters. The van der Waals surface area contributed by atoms with Gasteiger partial charge >= 0.3 is 0 Å². The highest BCUT2D eigenvalue weighted by atomic mass is 16.5. The van der Waals surface area contributed by atoms with Gasteiger partial charge in [-0.15, -0.1) is 0 Å². The molecular weight excluding hydrogens is 242 g/mol. The summed E-state index contributed by atoms with van der Waals surface area (Å²) < 4.78 is 5.82. The average molecular weight is 269 g/mol. The molecule has 2 aliphatic rings. The van der Waals surface area contributed by atoms with E-state index in [4.69, 9.17) is 10.5 Å². The molecule has 2 heterocycles. The predicted molar refractivity (Wildman–Crippen MR) is 74.8 cm³/mol. The van der Waals surface area contributed by atoms with Gasteiger partial charge in [0.15, 0.2) is 0 Å². The molecule has 0 saturated carbocycles. The number of amides is 1. The summed E-state index contributed by atoms with van der Waals surface area (Å²) in [5, 5.41) is 2.94. The lowest BCUT2D eigenvalue weighted by Crippen LogP contribution is -2.55. The van der Waals surface area contributed by atoms with E-state index in [0.717, 1.165) is 19.6 Å². The fourth-order valence-corrected chi connectivity index (χ4v) is 3.05. The van der Waals surface area contributed by atoms with Crippen molar-refractivity contribution in [1.82, 2.24) is 10.2 Å². The number of ether oxygens (including phenoxy) is 1. The Balaban J connectivity index is 1.75. The van der Waals surface area contributed by atoms with Crippen LogP contribution in [0.1, 0.15) is 39.5 Å². The van der Waals surface area contributed by atoms with Crippen molar-refractivity contribution in [3.63, 3.8) is 0 Å². The first-order chi connectivity index (χ1) is 9.03. The third-order valence-corrected chi connectivity index (χ3v) is 4.24. The van der Waals surface area contributed by atoms with E-state index < -0.39 is 5.54 Å². The van der Waals surface area contributed by atoms with Gasteiger partial charge in [0, 0.05) is 19.1 Å². The molecule has 3 atom stereocenters. The Morgan fingerprint density at radius 1 is 1.58 bits per heavy atom. The molecule has 3 N–H and O–H groups in total. The molecule has 2 aliphatic heterocycles. The van der Waals surface area contributed by atoms with Gasteiger partial charge in [0.05, 0.1) is 18.2 Å². The van der Waals surface area contributed by atoms with Gasteiger partial charge in [0.2, 0.25) is 5.91 Å². The molecule has 19 heavy (non-hydrogen) atoms. The number of hydrogen-bond donors (Lipinski definition) is 2. The summed E-state index contributed by atoms with van der Waals surface area (Å²) >= 11 is 0. The highest BCUT2D eigenvalue weighted by molar-refractivity contribution is 5.85. The van der Waals surface area contributed by atoms with E-state index in [9.17, 15) is 4.79 Å². The van der Waals surface area contributed by atoms with Crippen molar-refractivity contribution in [2.75, 3.05) is 26.2 Å². The third kappa shape index (κ3) is 3.68. The van der Waals surface area contributed by atoms with Crippen LogP contribution in [0.4, 0.5) is 0 Å². The van der Waals surface area contributed by atoms with Crippen molar-refractivity contribution in [1.29, 1.82) is 0 Å². The minimum absolute atomic E-state index is 0.0681. The third-order valence-electron chi connectivity index (χ3n) is 4.24. The Morgan fingerprint density at radius 3 is 3.11 bits per heavy atom. The SMILES string of the molecule is CCCC(C)(N)C(=O)NCC1CN2CCCC2CO1. The molecule has 0 aliphatic carbocycles. The monoisotopic (exact) mass is 269 g/mol. The average Bonchev–Trinajstić information content (AvgIpc) is 2.83. The van der Waals surface area contributed by atoms with Gasteiger partial charge < -0.3 is 15.8 Å². The van der Waals surface area contributed by atoms with Crippen LogP contribution in [-0.4, -0.2) is 54.7 Å². The summed E-state index contributed by atoms with van der Waals surface area (Å²) in [6, 6.07) is 0.604. The lowest BCUT2D eigenvalue weighted by Gasteiger charge is -2.35. The normalized spacial score (nSPS) is 30.7. The van der Waals surface area contributed by atoms with Gasteiger partial charge in [0.1, 0.15) is 0 Å². The fourth-order valence-electron chi connectivity index (χ4n) is 3.05. The summed E-state index contributed by atoms with van der Waals surface area (Å²) in [6.45, 7) is 7.30. The molecule has 2 fully saturated rings. The maximum atomic E-state index is 12.0. The standard InChI is InChI=1S/C14H27N3O2/c1-3-6-14(2,15)13(18)16-8-12-9-17-7-4-5-11(17)10-19-12/h11-12H,3-10,15H2,1-2H3,(H,16,18). The molecule has 5 heteroatoms. The van der Waals surface area contributed by atoms with E-state index in [0.29, 0.717) is 19.0 Å². The first-order valence-corrected chi connectivity index (χ1v) is 7.46. The maximum absolute atomic E-state index is 12.0. The number of nitrogens with one attached hydrogen (secondary N) is 1. The van der Waals surface area contributed by atoms with E-state index in [1.54, 1.807) is 6.92 Å². The number of rotatable bonds is 5. The minimum Gasteiger partial charge on any atom is -0.373 e. The van der Waals surface area contributed by atoms with Crippen LogP contribution >= 0.6 is 0 Å². The Kier molecular flexibility index (Phi) is 4.81. The van der Waals surface area contributed by atoms with Crippen LogP contribution in [0.15, 0.2) is 0 Å². The summed E-state index contributed by atoms with van der Waals surface area (Å²) in [7, 11) is 0. The minimum atomic E-state index is -0.764. The van der Waals surface area contributed by atoms with Crippen molar-refractivity contribution < 1.29 is 9.53 Å². The Bertz CT molecular complexity index is 320. The van der Waals surface area contributed by atoms with Crippen LogP contribution in [0, 0.1) is 0 Å². The molecule has 0 bridgehead atoms. The number of morpholine rings is 1. The van der Waals surface area contributed by atoms with Crippen LogP contribution < -0.4 is 11.1 Å². The molecule has 1 amide bonds. The molecule has 0 spiro atoms. The van der Waals surface area contributed by atoms with Gasteiger partial charge in [-0.2, -0.15) is 0 Å². The van der Waals surface area contributed by atoms with Gasteiger partial charge in [-0.25, -0.2) is 0 Å². The van der Waals surface area contributed by atoms with E-state index in [1.165, 1.54) is 19.4 Å². The summed E-state index contributed by atoms with van der Waals surface area (Å²) in [5.74, 6) is -0.0681. The highest BCUT2D eigenvalue weighted by Gasteiger charge is 2.33. The Labute approximate surface area is 115 Å². The number of carbonyl (C=O) groups is 1. The summed E-state index contributed by atoms with van der Waals surface area (Å²) in [4.78, 5) is 14.5. The largest absolute Gasteiger partial charge is 0.373 e. The molecular formula is C14H27N3O2. The fraction of sp³-hybridized carbons (Fsp3) is 0.929. The van der Waals surface area contributed by atoms with E-state index in [1.807, 2.05) is 6.92 Å². The van der Waals surface area contributed by atoms with Gasteiger partial charge in [0.25, 0.3) is 0 Å². The zero-order chi connectivity index (χ0) is 13.9. The van der Waals surface area contributed by atoms with Crippen molar-refractivity contribution in [2.45, 2.75) is 57.2 Å². The Morgan fingerprint density at radius 2 is 2.37 bits per heavy atom. The van der Waals surface area contributed by atoms with Crippen LogP contribution in [0.25, 0.3) is 0 Å². The predicted octanol–water partition coefficient (Wildman–Crippen LogP) is 0.483. The summed E-state index contributed by atoms with van der Waals surface area (Å²) in [5.41, 5.74) is 5.24. The molecule has 0 aromatic heterocycles. The number of nitrogens with two attached hydrogens (primary N) is 1. The van der Waals surface area contributed by atoms with Crippen molar-refractivity contribution in [2.24, 2.45) is 5.73 Å². The lowest BCUT2D eigenvalue weighted by molar-refractivity contribution is -0.127. The second-order valence-electron chi connectivity index (χ2n) is 6.12. The molecule has 0 aromatic carbocycles. The highest BCUT2D eigenvalue weighted by Crippen LogP contribution is 2.22. The van der Waals surface area contributed by atoms with Crippen LogP contribution in [0.3, 0.4) is 0 Å². The first kappa shape index (κ1) is 14.8. The van der Waals surface area contributed by atoms with Gasteiger partial charge in [-0.3, -0.25) is 9.69 Å². The van der Waals surface area contributed by atoms with Crippen LogP contribution in [-0.2, 0) is 9.53 Å². The lowest BCUT2D eigenvalue weighted by atomic mass is 9.96. The molecule has 2 rings (SSSR count). The first-order valence-electron chi connectivity index (χ1n) is 7.46. The maximum Gasteiger partial charge on any atom is 0.239 e. The molecule has 2 saturated heterocycles. The zero-order valence-electron chi connectivity index (χ0n) is 12.2. The number of carbonyl (C=O) groups excluding carboxylic acids is 1. The number of hydrogen-bond acceptors (Lipinski definition) is 4. The van der Waals surface area contributed by atoms with Crippen LogP contribution in [0.2, 0.25) is 0 Å². The van der Waals surface area contributed by atoms with Crippen molar-refractivity contribution in [3.05, 3.63) is 0 Å². The summed E-state index contributed by atoms with van der Waals surface area (Å²) in [6.07, 6.45) is 4.24. The second-order valence-corrected chi connectivity index (χ2v) is 6.12. The topological polar surface area (TPSA) is 67.6 Å². The smallest absolute Gasteiger partial charge is 0.239 e. The number of nitrogens with zero attached hydrogens (tertiary/aromatic N) is 1. The Hall–Kier alpha value is -0.650. The van der Waals surface area contributed by atoms with Crippen LogP contribution in [0.5, 0.6) is 0 Å². The van der Waals surface area contributed by atoms with Gasteiger partial charge in [-0.1, -0.05) is 13.3 Å². The quantitative estimate of drug-likeness (QED) is 0.762. The van der Waals surface area contributed by atoms with E-state index >= 15 is 0 Å². The van der Waals surface area contributed by atoms with Crippen molar-refractivity contribution in [3.8, 4) is 0 Å². The molecule has 0 aromatic rings. The molecule has 0 radical (unpaired) electrons. The zero-order valence-corrected chi connectivity index (χ0v) is 12.2. The second kappa shape index (κ2) is 6.20. The van der Waals surface area contributed by atoms with Crippen molar-refractivity contribution >= 4 is 5.91 Å². The van der Waals surface area contributed by atoms with Gasteiger partial charge in [-0.05, 0) is 32.7 Å². The van der Waals surface area contributed by atoms with E-state index in [2.05, 4.69) is 10.2 Å².